The second-order valence-electron chi connectivity index (χ2n) is 12.5. The molecule has 178 valence electrons. The smallest absolute Gasteiger partial charge is 0.155 e. The summed E-state index contributed by atoms with van der Waals surface area (Å²) < 4.78 is 12.5. The zero-order valence-electron chi connectivity index (χ0n) is 21.2. The first-order chi connectivity index (χ1) is 14.7. The van der Waals surface area contributed by atoms with Crippen LogP contribution in [0.15, 0.2) is 23.8 Å². The molecule has 2 aliphatic heterocycles. The lowest BCUT2D eigenvalue weighted by Crippen LogP contribution is -2.41. The summed E-state index contributed by atoms with van der Waals surface area (Å²) in [6.45, 7) is 15.0. The fraction of sp³-hybridized carbons (Fsp3) is 0.786. The standard InChI is InChI=1S/C28H42O4/c1-20(29)21(19-28-24(4,5)15-10-17-26(28,7)32-28)11-8-12-22(30)13-18-27-23(2,3)14-9-16-25(27,6)31-27/h13,18-19H,8-12,14-17H2,1-7H3/b18-13+,21-19-/t25-,26+,27+,28-/m0/s1. The number of epoxide rings is 2. The number of rotatable bonds is 8. The first-order valence-electron chi connectivity index (χ1n) is 12.6. The highest BCUT2D eigenvalue weighted by atomic mass is 16.6. The first-order valence-corrected chi connectivity index (χ1v) is 12.6. The number of ether oxygens (including phenoxy) is 2. The summed E-state index contributed by atoms with van der Waals surface area (Å²) in [6, 6.07) is 0. The lowest BCUT2D eigenvalue weighted by Gasteiger charge is -2.37. The summed E-state index contributed by atoms with van der Waals surface area (Å²) in [5, 5.41) is 0. The SMILES string of the molecule is CC(=O)/C(=C\[C@@]12O[C@]1(C)CCCC2(C)C)CCCC(=O)/C=C/[C@]12O[C@@]1(C)CCCC2(C)C. The second kappa shape index (κ2) is 7.37. The summed E-state index contributed by atoms with van der Waals surface area (Å²) in [5.74, 6) is 0.205. The normalized spacial score (nSPS) is 41.7. The quantitative estimate of drug-likeness (QED) is 0.328. The van der Waals surface area contributed by atoms with Gasteiger partial charge in [0.25, 0.3) is 0 Å². The predicted molar refractivity (Wildman–Crippen MR) is 126 cm³/mol. The molecule has 4 rings (SSSR count). The number of carbonyl (C=O) groups excluding carboxylic acids is 2. The Morgan fingerprint density at radius 3 is 1.84 bits per heavy atom. The molecule has 0 radical (unpaired) electrons. The molecule has 2 heterocycles. The van der Waals surface area contributed by atoms with Crippen LogP contribution < -0.4 is 0 Å². The lowest BCUT2D eigenvalue weighted by atomic mass is 9.63. The topological polar surface area (TPSA) is 59.2 Å². The van der Waals surface area contributed by atoms with Gasteiger partial charge in [0.2, 0.25) is 0 Å². The van der Waals surface area contributed by atoms with Gasteiger partial charge in [0.05, 0.1) is 11.2 Å². The molecule has 2 saturated heterocycles. The van der Waals surface area contributed by atoms with E-state index in [2.05, 4.69) is 47.6 Å². The van der Waals surface area contributed by atoms with Crippen molar-refractivity contribution < 1.29 is 19.1 Å². The van der Waals surface area contributed by atoms with Crippen molar-refractivity contribution in [1.29, 1.82) is 0 Å². The van der Waals surface area contributed by atoms with E-state index in [9.17, 15) is 9.59 Å². The summed E-state index contributed by atoms with van der Waals surface area (Å²) in [5.41, 5.74) is -0.0611. The van der Waals surface area contributed by atoms with Crippen molar-refractivity contribution in [3.05, 3.63) is 23.8 Å². The maximum absolute atomic E-state index is 12.7. The van der Waals surface area contributed by atoms with Gasteiger partial charge in [-0.05, 0) is 95.9 Å². The average Bonchev–Trinajstić information content (AvgIpc) is 3.50. The van der Waals surface area contributed by atoms with Gasteiger partial charge in [0.15, 0.2) is 11.6 Å². The first kappa shape index (κ1) is 23.9. The highest BCUT2D eigenvalue weighted by molar-refractivity contribution is 5.94. The van der Waals surface area contributed by atoms with Crippen molar-refractivity contribution in [3.8, 4) is 0 Å². The number of Topliss-reactive ketones (excluding diaryl/α,β-unsaturated/α-hetero) is 1. The third kappa shape index (κ3) is 3.48. The van der Waals surface area contributed by atoms with Crippen LogP contribution >= 0.6 is 0 Å². The minimum absolute atomic E-state index is 0.0161. The van der Waals surface area contributed by atoms with E-state index >= 15 is 0 Å². The van der Waals surface area contributed by atoms with Crippen molar-refractivity contribution in [2.24, 2.45) is 10.8 Å². The molecule has 0 amide bonds. The zero-order chi connectivity index (χ0) is 23.6. The maximum atomic E-state index is 12.7. The number of hydrogen-bond acceptors (Lipinski definition) is 4. The van der Waals surface area contributed by atoms with E-state index in [-0.39, 0.29) is 44.8 Å². The van der Waals surface area contributed by atoms with Crippen LogP contribution in [0.5, 0.6) is 0 Å². The monoisotopic (exact) mass is 442 g/mol. The van der Waals surface area contributed by atoms with Gasteiger partial charge in [0.1, 0.15) is 11.2 Å². The summed E-state index contributed by atoms with van der Waals surface area (Å²) in [7, 11) is 0. The number of hydrogen-bond donors (Lipinski definition) is 0. The summed E-state index contributed by atoms with van der Waals surface area (Å²) >= 11 is 0. The Kier molecular flexibility index (Phi) is 5.50. The van der Waals surface area contributed by atoms with Crippen LogP contribution in [0.25, 0.3) is 0 Å². The number of carbonyl (C=O) groups is 2. The van der Waals surface area contributed by atoms with Crippen molar-refractivity contribution >= 4 is 11.6 Å². The zero-order valence-corrected chi connectivity index (χ0v) is 21.2. The highest BCUT2D eigenvalue weighted by Gasteiger charge is 2.74. The summed E-state index contributed by atoms with van der Waals surface area (Å²) in [6.07, 6.45) is 14.3. The Morgan fingerprint density at radius 2 is 1.31 bits per heavy atom. The van der Waals surface area contributed by atoms with E-state index in [0.717, 1.165) is 37.7 Å². The molecule has 4 heteroatoms. The fourth-order valence-corrected chi connectivity index (χ4v) is 7.10. The number of allylic oxidation sites excluding steroid dienone is 2. The largest absolute Gasteiger partial charge is 0.358 e. The molecular formula is C28H42O4. The van der Waals surface area contributed by atoms with Crippen molar-refractivity contribution in [1.82, 2.24) is 0 Å². The van der Waals surface area contributed by atoms with Crippen molar-refractivity contribution in [2.45, 2.75) is 129 Å². The molecule has 4 fully saturated rings. The minimum atomic E-state index is -0.345. The van der Waals surface area contributed by atoms with Gasteiger partial charge in [0, 0.05) is 17.3 Å². The van der Waals surface area contributed by atoms with Gasteiger partial charge in [-0.25, -0.2) is 0 Å². The van der Waals surface area contributed by atoms with Crippen LogP contribution in [0.3, 0.4) is 0 Å². The molecule has 0 aromatic rings. The van der Waals surface area contributed by atoms with Gasteiger partial charge in [-0.3, -0.25) is 9.59 Å². The minimum Gasteiger partial charge on any atom is -0.358 e. The van der Waals surface area contributed by atoms with Crippen molar-refractivity contribution in [2.75, 3.05) is 0 Å². The molecule has 0 bridgehead atoms. The summed E-state index contributed by atoms with van der Waals surface area (Å²) in [4.78, 5) is 25.1. The maximum Gasteiger partial charge on any atom is 0.155 e. The molecule has 4 atom stereocenters. The molecule has 2 saturated carbocycles. The Bertz CT molecular complexity index is 880. The molecular weight excluding hydrogens is 400 g/mol. The third-order valence-electron chi connectivity index (χ3n) is 9.39. The predicted octanol–water partition coefficient (Wildman–Crippen LogP) is 6.27. The molecule has 0 aromatic heterocycles. The molecule has 32 heavy (non-hydrogen) atoms. The Labute approximate surface area is 194 Å². The van der Waals surface area contributed by atoms with E-state index in [1.54, 1.807) is 13.0 Å². The molecule has 0 unspecified atom stereocenters. The molecule has 0 N–H and O–H groups in total. The van der Waals surface area contributed by atoms with Gasteiger partial charge < -0.3 is 9.47 Å². The van der Waals surface area contributed by atoms with Gasteiger partial charge in [-0.15, -0.1) is 0 Å². The van der Waals surface area contributed by atoms with E-state index in [1.165, 1.54) is 6.42 Å². The highest BCUT2D eigenvalue weighted by Crippen LogP contribution is 2.67. The third-order valence-corrected chi connectivity index (χ3v) is 9.39. The van der Waals surface area contributed by atoms with E-state index in [1.807, 2.05) is 6.08 Å². The molecule has 0 aromatic carbocycles. The van der Waals surface area contributed by atoms with Gasteiger partial charge >= 0.3 is 0 Å². The lowest BCUT2D eigenvalue weighted by molar-refractivity contribution is -0.115. The van der Waals surface area contributed by atoms with E-state index in [4.69, 9.17) is 9.47 Å². The molecule has 0 spiro atoms. The van der Waals surface area contributed by atoms with Crippen LogP contribution in [0, 0.1) is 10.8 Å². The molecule has 4 aliphatic rings. The van der Waals surface area contributed by atoms with Gasteiger partial charge in [-0.2, -0.15) is 0 Å². The van der Waals surface area contributed by atoms with Crippen molar-refractivity contribution in [3.63, 3.8) is 0 Å². The van der Waals surface area contributed by atoms with Gasteiger partial charge in [-0.1, -0.05) is 27.7 Å². The number of ketones is 2. The van der Waals surface area contributed by atoms with Crippen LogP contribution in [-0.4, -0.2) is 34.0 Å². The second-order valence-corrected chi connectivity index (χ2v) is 12.5. The average molecular weight is 443 g/mol. The fourth-order valence-electron chi connectivity index (χ4n) is 7.10. The van der Waals surface area contributed by atoms with Crippen LogP contribution in [0.1, 0.15) is 106 Å². The van der Waals surface area contributed by atoms with E-state index in [0.29, 0.717) is 19.3 Å². The van der Waals surface area contributed by atoms with Crippen LogP contribution in [-0.2, 0) is 19.1 Å². The van der Waals surface area contributed by atoms with E-state index < -0.39 is 0 Å². The number of fused-ring (bicyclic) bond motifs is 2. The van der Waals surface area contributed by atoms with Crippen LogP contribution in [0.4, 0.5) is 0 Å². The molecule has 4 nitrogen and oxygen atoms in total. The Balaban J connectivity index is 1.38. The Hall–Kier alpha value is -1.26. The molecule has 2 aliphatic carbocycles. The van der Waals surface area contributed by atoms with Crippen LogP contribution in [0.2, 0.25) is 0 Å². The Morgan fingerprint density at radius 1 is 0.781 bits per heavy atom.